The molecule has 0 bridgehead atoms. The van der Waals surface area contributed by atoms with Crippen LogP contribution in [0.25, 0.3) is 0 Å². The van der Waals surface area contributed by atoms with E-state index in [1.54, 1.807) is 6.07 Å². The number of rotatable bonds is 7. The van der Waals surface area contributed by atoms with Crippen molar-refractivity contribution in [2.75, 3.05) is 6.54 Å². The van der Waals surface area contributed by atoms with Crippen LogP contribution < -0.4 is 16.0 Å². The van der Waals surface area contributed by atoms with Crippen LogP contribution in [0, 0.1) is 0 Å². The molecule has 0 heterocycles. The Kier molecular flexibility index (Phi) is 7.47. The quantitative estimate of drug-likeness (QED) is 0.532. The van der Waals surface area contributed by atoms with E-state index >= 15 is 0 Å². The average molecular weight is 438 g/mol. The minimum atomic E-state index is -1.37. The second-order valence-electron chi connectivity index (χ2n) is 6.79. The monoisotopic (exact) mass is 437 g/mol. The Morgan fingerprint density at radius 1 is 1.00 bits per heavy atom. The fourth-order valence-corrected chi connectivity index (χ4v) is 3.16. The molecule has 0 saturated carbocycles. The molecule has 154 valence electrons. The van der Waals surface area contributed by atoms with Crippen molar-refractivity contribution < 1.29 is 19.5 Å². The van der Waals surface area contributed by atoms with E-state index in [1.165, 1.54) is 12.1 Å². The van der Waals surface area contributed by atoms with Gasteiger partial charge in [0.1, 0.15) is 6.04 Å². The lowest BCUT2D eigenvalue weighted by Gasteiger charge is -2.27. The Bertz CT molecular complexity index is 884. The molecule has 0 saturated heterocycles. The van der Waals surface area contributed by atoms with E-state index in [0.717, 1.165) is 5.56 Å². The van der Waals surface area contributed by atoms with Crippen molar-refractivity contribution in [2.24, 2.45) is 0 Å². The fraction of sp³-hybridized carbons (Fsp3) is 0.250. The molecule has 9 heteroatoms. The lowest BCUT2D eigenvalue weighted by molar-refractivity contribution is -0.139. The first-order chi connectivity index (χ1) is 13.6. The van der Waals surface area contributed by atoms with Gasteiger partial charge in [0.25, 0.3) is 5.91 Å². The first-order valence-electron chi connectivity index (χ1n) is 8.71. The summed E-state index contributed by atoms with van der Waals surface area (Å²) in [5.74, 6) is -2.07. The SMILES string of the molecule is CC(C)(NC(=O)NC[C@H](NC(=O)c1c(Cl)cccc1Cl)C(=O)O)c1ccccc1. The molecule has 4 N–H and O–H groups in total. The summed E-state index contributed by atoms with van der Waals surface area (Å²) in [5.41, 5.74) is 0.168. The van der Waals surface area contributed by atoms with Crippen molar-refractivity contribution >= 4 is 41.1 Å². The first-order valence-corrected chi connectivity index (χ1v) is 9.46. The number of hydrogen-bond acceptors (Lipinski definition) is 3. The number of urea groups is 1. The van der Waals surface area contributed by atoms with Gasteiger partial charge in [0.2, 0.25) is 0 Å². The molecule has 0 aliphatic rings. The number of hydrogen-bond donors (Lipinski definition) is 4. The zero-order valence-electron chi connectivity index (χ0n) is 15.8. The molecule has 1 atom stereocenters. The molecule has 2 aromatic rings. The van der Waals surface area contributed by atoms with Crippen LogP contribution in [-0.2, 0) is 10.3 Å². The summed E-state index contributed by atoms with van der Waals surface area (Å²) < 4.78 is 0. The van der Waals surface area contributed by atoms with Gasteiger partial charge >= 0.3 is 12.0 Å². The third-order valence-electron chi connectivity index (χ3n) is 4.18. The van der Waals surface area contributed by atoms with Crippen LogP contribution in [0.3, 0.4) is 0 Å². The highest BCUT2D eigenvalue weighted by atomic mass is 35.5. The van der Waals surface area contributed by atoms with Crippen molar-refractivity contribution in [3.8, 4) is 0 Å². The van der Waals surface area contributed by atoms with E-state index in [9.17, 15) is 19.5 Å². The standard InChI is InChI=1S/C20H21Cl2N3O4/c1-20(2,12-7-4-3-5-8-12)25-19(29)23-11-15(18(27)28)24-17(26)16-13(21)9-6-10-14(16)22/h3-10,15H,11H2,1-2H3,(H,24,26)(H,27,28)(H2,23,25,29)/t15-/m0/s1. The van der Waals surface area contributed by atoms with E-state index in [-0.39, 0.29) is 22.2 Å². The topological polar surface area (TPSA) is 108 Å². The van der Waals surface area contributed by atoms with Gasteiger partial charge in [0, 0.05) is 0 Å². The van der Waals surface area contributed by atoms with Gasteiger partial charge in [0.15, 0.2) is 0 Å². The van der Waals surface area contributed by atoms with Gasteiger partial charge in [-0.3, -0.25) is 4.79 Å². The summed E-state index contributed by atoms with van der Waals surface area (Å²) in [5, 5.41) is 17.1. The Balaban J connectivity index is 2.00. The maximum atomic E-state index is 12.4. The summed E-state index contributed by atoms with van der Waals surface area (Å²) in [6.45, 7) is 3.30. The molecule has 0 fully saturated rings. The Hall–Kier alpha value is -2.77. The molecule has 7 nitrogen and oxygen atoms in total. The average Bonchev–Trinajstić information content (AvgIpc) is 2.65. The molecule has 0 unspecified atom stereocenters. The van der Waals surface area contributed by atoms with Crippen LogP contribution in [0.4, 0.5) is 4.79 Å². The highest BCUT2D eigenvalue weighted by Gasteiger charge is 2.26. The van der Waals surface area contributed by atoms with Crippen molar-refractivity contribution in [1.82, 2.24) is 16.0 Å². The van der Waals surface area contributed by atoms with Gasteiger partial charge < -0.3 is 21.1 Å². The predicted molar refractivity (Wildman–Crippen MR) is 111 cm³/mol. The molecule has 0 aromatic heterocycles. The van der Waals surface area contributed by atoms with E-state index in [0.29, 0.717) is 0 Å². The van der Waals surface area contributed by atoms with E-state index in [4.69, 9.17) is 23.2 Å². The van der Waals surface area contributed by atoms with Gasteiger partial charge in [0.05, 0.1) is 27.7 Å². The summed E-state index contributed by atoms with van der Waals surface area (Å²) in [6.07, 6.45) is 0. The highest BCUT2D eigenvalue weighted by Crippen LogP contribution is 2.24. The minimum absolute atomic E-state index is 0.0308. The number of carbonyl (C=O) groups is 3. The molecule has 3 amide bonds. The van der Waals surface area contributed by atoms with Gasteiger partial charge in [-0.2, -0.15) is 0 Å². The Morgan fingerprint density at radius 3 is 2.14 bits per heavy atom. The predicted octanol–water partition coefficient (Wildman–Crippen LogP) is 3.41. The highest BCUT2D eigenvalue weighted by molar-refractivity contribution is 6.39. The summed E-state index contributed by atoms with van der Waals surface area (Å²) in [7, 11) is 0. The van der Waals surface area contributed by atoms with Gasteiger partial charge in [-0.15, -0.1) is 0 Å². The number of carboxylic acids is 1. The number of benzene rings is 2. The molecule has 2 aromatic carbocycles. The van der Waals surface area contributed by atoms with Crippen LogP contribution in [0.5, 0.6) is 0 Å². The normalized spacial score (nSPS) is 12.0. The third kappa shape index (κ3) is 6.10. The number of aliphatic carboxylic acids is 1. The molecule has 0 radical (unpaired) electrons. The van der Waals surface area contributed by atoms with Crippen LogP contribution in [0.2, 0.25) is 10.0 Å². The second-order valence-corrected chi connectivity index (χ2v) is 7.60. The number of nitrogens with one attached hydrogen (secondary N) is 3. The smallest absolute Gasteiger partial charge is 0.328 e. The summed E-state index contributed by atoms with van der Waals surface area (Å²) >= 11 is 11.9. The maximum Gasteiger partial charge on any atom is 0.328 e. The zero-order valence-corrected chi connectivity index (χ0v) is 17.3. The number of halogens is 2. The second kappa shape index (κ2) is 9.62. The molecular weight excluding hydrogens is 417 g/mol. The molecule has 29 heavy (non-hydrogen) atoms. The number of carbonyl (C=O) groups excluding carboxylic acids is 2. The zero-order chi connectivity index (χ0) is 21.6. The third-order valence-corrected chi connectivity index (χ3v) is 4.81. The minimum Gasteiger partial charge on any atom is -0.480 e. The van der Waals surface area contributed by atoms with Crippen molar-refractivity contribution in [2.45, 2.75) is 25.4 Å². The van der Waals surface area contributed by atoms with E-state index in [2.05, 4.69) is 16.0 Å². The Labute approximate surface area is 178 Å². The van der Waals surface area contributed by atoms with Crippen molar-refractivity contribution in [3.05, 3.63) is 69.7 Å². The van der Waals surface area contributed by atoms with Crippen LogP contribution in [0.15, 0.2) is 48.5 Å². The van der Waals surface area contributed by atoms with Gasteiger partial charge in [-0.25, -0.2) is 9.59 Å². The fourth-order valence-electron chi connectivity index (χ4n) is 2.59. The molecule has 0 aliphatic heterocycles. The number of carboxylic acid groups (broad SMARTS) is 1. The number of amides is 3. The summed E-state index contributed by atoms with van der Waals surface area (Å²) in [4.78, 5) is 36.1. The first kappa shape index (κ1) is 22.5. The Morgan fingerprint density at radius 2 is 1.59 bits per heavy atom. The van der Waals surface area contributed by atoms with Gasteiger partial charge in [-0.05, 0) is 31.5 Å². The van der Waals surface area contributed by atoms with E-state index in [1.807, 2.05) is 44.2 Å². The largest absolute Gasteiger partial charge is 0.480 e. The molecule has 0 spiro atoms. The van der Waals surface area contributed by atoms with Gasteiger partial charge in [-0.1, -0.05) is 59.6 Å². The summed E-state index contributed by atoms with van der Waals surface area (Å²) in [6, 6.07) is 11.9. The molecule has 0 aliphatic carbocycles. The molecule has 2 rings (SSSR count). The lowest BCUT2D eigenvalue weighted by atomic mass is 9.95. The molecular formula is C20H21Cl2N3O4. The lowest BCUT2D eigenvalue weighted by Crippen LogP contribution is -2.52. The van der Waals surface area contributed by atoms with E-state index < -0.39 is 29.5 Å². The maximum absolute atomic E-state index is 12.4. The van der Waals surface area contributed by atoms with Crippen LogP contribution in [-0.4, -0.2) is 35.6 Å². The van der Waals surface area contributed by atoms with Crippen LogP contribution in [0.1, 0.15) is 29.8 Å². The van der Waals surface area contributed by atoms with Crippen molar-refractivity contribution in [1.29, 1.82) is 0 Å². The van der Waals surface area contributed by atoms with Crippen molar-refractivity contribution in [3.63, 3.8) is 0 Å². The van der Waals surface area contributed by atoms with Crippen LogP contribution >= 0.6 is 23.2 Å².